The average molecular weight is 680 g/mol. The van der Waals surface area contributed by atoms with Gasteiger partial charge in [0.2, 0.25) is 18.1 Å². The molecule has 1 fully saturated rings. The molecule has 48 heavy (non-hydrogen) atoms. The summed E-state index contributed by atoms with van der Waals surface area (Å²) in [4.78, 5) is 30.4. The minimum Gasteiger partial charge on any atom is -0.494 e. The lowest BCUT2D eigenvalue weighted by Gasteiger charge is -2.39. The highest BCUT2D eigenvalue weighted by molar-refractivity contribution is 5.80. The zero-order valence-corrected chi connectivity index (χ0v) is 28.0. The van der Waals surface area contributed by atoms with Gasteiger partial charge in [-0.1, -0.05) is 46.6 Å². The summed E-state index contributed by atoms with van der Waals surface area (Å²) in [6, 6.07) is 5.90. The molecule has 5 atom stereocenters. The molecule has 1 aliphatic heterocycles. The summed E-state index contributed by atoms with van der Waals surface area (Å²) in [7, 11) is 0. The van der Waals surface area contributed by atoms with Gasteiger partial charge in [-0.05, 0) is 48.9 Å². The molecule has 2 aromatic rings. The molecule has 1 amide bonds. The number of carbonyl (C=O) groups excluding carboxylic acids is 2. The summed E-state index contributed by atoms with van der Waals surface area (Å²) in [6.07, 6.45) is -1.46. The summed E-state index contributed by atoms with van der Waals surface area (Å²) in [5.41, 5.74) is 8.64. The maximum atomic E-state index is 11.4. The Morgan fingerprint density at radius 3 is 2.42 bits per heavy atom. The predicted octanol–water partition coefficient (Wildman–Crippen LogP) is 1.82. The SMILES string of the molecule is Cc1cc(OCCCCCC(C)(C)C(N)=O)ccc1Cc1c(O[C@@H]2OC(CO)[C@@H](O)[C@@H](O)C2O)n[nH]c1C(C)C.O=CO/C=C/C(=O)O. The van der Waals surface area contributed by atoms with Crippen LogP contribution in [0.1, 0.15) is 81.7 Å². The van der Waals surface area contributed by atoms with Crippen LogP contribution in [0.25, 0.3) is 0 Å². The molecule has 15 heteroatoms. The van der Waals surface area contributed by atoms with Crippen molar-refractivity contribution in [1.29, 1.82) is 0 Å². The van der Waals surface area contributed by atoms with Gasteiger partial charge in [0.25, 0.3) is 6.47 Å². The number of rotatable bonds is 17. The molecule has 268 valence electrons. The number of aliphatic hydroxyl groups is 4. The van der Waals surface area contributed by atoms with Crippen molar-refractivity contribution < 1.29 is 58.9 Å². The maximum absolute atomic E-state index is 11.4. The number of unbranched alkanes of at least 4 members (excludes halogenated alkanes) is 2. The van der Waals surface area contributed by atoms with E-state index in [0.29, 0.717) is 19.1 Å². The Kier molecular flexibility index (Phi) is 16.0. The highest BCUT2D eigenvalue weighted by atomic mass is 16.7. The molecule has 1 aromatic carbocycles. The van der Waals surface area contributed by atoms with Crippen LogP contribution >= 0.6 is 0 Å². The Morgan fingerprint density at radius 2 is 1.83 bits per heavy atom. The Labute approximate surface area is 279 Å². The monoisotopic (exact) mass is 679 g/mol. The van der Waals surface area contributed by atoms with Crippen LogP contribution in [0.2, 0.25) is 0 Å². The number of nitrogens with zero attached hydrogens (tertiary/aromatic N) is 1. The van der Waals surface area contributed by atoms with Crippen LogP contribution in [0.5, 0.6) is 11.6 Å². The van der Waals surface area contributed by atoms with E-state index in [1.54, 1.807) is 0 Å². The number of nitrogens with one attached hydrogen (secondary N) is 1. The van der Waals surface area contributed by atoms with E-state index in [4.69, 9.17) is 25.1 Å². The molecule has 2 heterocycles. The number of aliphatic hydroxyl groups excluding tert-OH is 4. The van der Waals surface area contributed by atoms with E-state index in [0.717, 1.165) is 60.1 Å². The molecule has 1 aliphatic rings. The molecule has 0 aliphatic carbocycles. The molecule has 0 bridgehead atoms. The molecule has 2 unspecified atom stereocenters. The number of carboxylic acid groups (broad SMARTS) is 1. The molecule has 0 radical (unpaired) electrons. The number of aromatic nitrogens is 2. The molecule has 1 aromatic heterocycles. The van der Waals surface area contributed by atoms with Gasteiger partial charge >= 0.3 is 5.97 Å². The number of aromatic amines is 1. The van der Waals surface area contributed by atoms with E-state index in [9.17, 15) is 34.8 Å². The number of carboxylic acids is 1. The Bertz CT molecular complexity index is 1360. The highest BCUT2D eigenvalue weighted by Gasteiger charge is 2.45. The topological polar surface area (TPSA) is 244 Å². The van der Waals surface area contributed by atoms with Gasteiger partial charge in [0.15, 0.2) is 0 Å². The first-order chi connectivity index (χ1) is 22.6. The van der Waals surface area contributed by atoms with E-state index >= 15 is 0 Å². The van der Waals surface area contributed by atoms with E-state index in [-0.39, 0.29) is 24.2 Å². The maximum Gasteiger partial charge on any atom is 0.331 e. The van der Waals surface area contributed by atoms with Crippen molar-refractivity contribution in [3.8, 4) is 11.6 Å². The number of amides is 1. The van der Waals surface area contributed by atoms with Crippen LogP contribution in [0.4, 0.5) is 0 Å². The quantitative estimate of drug-likeness (QED) is 0.0547. The standard InChI is InChI=1S/C29H45N3O8.C4H4O4/c1-16(2)22-20(26(32-31-22)40-27-25(36)24(35)23(34)21(15-33)39-27)14-18-9-10-19(13-17(18)3)38-12-8-6-7-11-29(4,5)28(30)37;5-3-8-2-1-4(6)7/h9-10,13,16,21,23-25,27,33-36H,6-8,11-12,14-15H2,1-5H3,(H2,30,37)(H,31,32);1-3H,(H,6,7)/b;2-1+/t21?,23-,24-,25?,27+;/m1./s1. The molecular weight excluding hydrogens is 630 g/mol. The summed E-state index contributed by atoms with van der Waals surface area (Å²) >= 11 is 0. The van der Waals surface area contributed by atoms with Gasteiger partial charge < -0.3 is 50.2 Å². The largest absolute Gasteiger partial charge is 0.494 e. The van der Waals surface area contributed by atoms with Gasteiger partial charge in [-0.15, -0.1) is 5.10 Å². The number of H-pyrrole nitrogens is 1. The number of hydrogen-bond acceptors (Lipinski definition) is 12. The molecule has 8 N–H and O–H groups in total. The van der Waals surface area contributed by atoms with Gasteiger partial charge in [0.05, 0.1) is 19.3 Å². The number of carbonyl (C=O) groups is 3. The first-order valence-corrected chi connectivity index (χ1v) is 15.7. The van der Waals surface area contributed by atoms with E-state index < -0.39 is 48.7 Å². The van der Waals surface area contributed by atoms with E-state index in [2.05, 4.69) is 14.9 Å². The second-order valence-electron chi connectivity index (χ2n) is 12.4. The predicted molar refractivity (Wildman–Crippen MR) is 172 cm³/mol. The van der Waals surface area contributed by atoms with E-state index in [1.165, 1.54) is 0 Å². The summed E-state index contributed by atoms with van der Waals surface area (Å²) in [5, 5.41) is 55.3. The molecular formula is C33H49N3O12. The van der Waals surface area contributed by atoms with Crippen molar-refractivity contribution in [1.82, 2.24) is 10.2 Å². The minimum absolute atomic E-state index is 0.103. The molecule has 0 saturated carbocycles. The molecule has 1 saturated heterocycles. The van der Waals surface area contributed by atoms with Crippen LogP contribution in [-0.4, -0.2) is 98.0 Å². The van der Waals surface area contributed by atoms with Crippen molar-refractivity contribution in [2.75, 3.05) is 13.2 Å². The molecule has 15 nitrogen and oxygen atoms in total. The average Bonchev–Trinajstić information content (AvgIpc) is 3.42. The third kappa shape index (κ3) is 11.9. The number of aryl methyl sites for hydroxylation is 1. The molecule has 0 spiro atoms. The van der Waals surface area contributed by atoms with Gasteiger partial charge in [-0.3, -0.25) is 14.7 Å². The van der Waals surface area contributed by atoms with Gasteiger partial charge in [0, 0.05) is 23.1 Å². The van der Waals surface area contributed by atoms with Crippen molar-refractivity contribution in [3.05, 3.63) is 52.9 Å². The van der Waals surface area contributed by atoms with Crippen LogP contribution in [0, 0.1) is 12.3 Å². The second-order valence-corrected chi connectivity index (χ2v) is 12.4. The number of benzene rings is 1. The third-order valence-electron chi connectivity index (χ3n) is 7.92. The Morgan fingerprint density at radius 1 is 1.12 bits per heavy atom. The highest BCUT2D eigenvalue weighted by Crippen LogP contribution is 2.32. The van der Waals surface area contributed by atoms with Crippen molar-refractivity contribution >= 4 is 18.3 Å². The van der Waals surface area contributed by atoms with Gasteiger partial charge in [0.1, 0.15) is 36.4 Å². The smallest absolute Gasteiger partial charge is 0.331 e. The number of primary amides is 1. The minimum atomic E-state index is -1.54. The third-order valence-corrected chi connectivity index (χ3v) is 7.92. The number of hydrogen-bond donors (Lipinski definition) is 7. The van der Waals surface area contributed by atoms with Crippen molar-refractivity contribution in [2.45, 2.75) is 103 Å². The number of aliphatic carboxylic acids is 1. The zero-order valence-electron chi connectivity index (χ0n) is 28.0. The lowest BCUT2D eigenvalue weighted by molar-refractivity contribution is -0.278. The first-order valence-electron chi connectivity index (χ1n) is 15.7. The zero-order chi connectivity index (χ0) is 36.0. The number of ether oxygens (including phenoxy) is 4. The van der Waals surface area contributed by atoms with E-state index in [1.807, 2.05) is 52.8 Å². The fourth-order valence-electron chi connectivity index (χ4n) is 4.82. The van der Waals surface area contributed by atoms with Gasteiger partial charge in [-0.25, -0.2) is 4.79 Å². The van der Waals surface area contributed by atoms with Crippen molar-refractivity contribution in [2.24, 2.45) is 11.1 Å². The van der Waals surface area contributed by atoms with Crippen LogP contribution < -0.4 is 15.2 Å². The van der Waals surface area contributed by atoms with Crippen LogP contribution in [-0.2, 0) is 30.3 Å². The molecule has 3 rings (SSSR count). The van der Waals surface area contributed by atoms with Crippen molar-refractivity contribution in [3.63, 3.8) is 0 Å². The fraction of sp³-hybridized carbons (Fsp3) is 0.576. The Balaban J connectivity index is 0.000000886. The van der Waals surface area contributed by atoms with Gasteiger partial charge in [-0.2, -0.15) is 0 Å². The lowest BCUT2D eigenvalue weighted by atomic mass is 9.86. The number of nitrogens with two attached hydrogens (primary N) is 1. The summed E-state index contributed by atoms with van der Waals surface area (Å²) in [5.74, 6) is -0.333. The fourth-order valence-corrected chi connectivity index (χ4v) is 4.82. The normalized spacial score (nSPS) is 21.0. The Hall–Kier alpha value is -4.02. The van der Waals surface area contributed by atoms with Crippen LogP contribution in [0.15, 0.2) is 30.5 Å². The summed E-state index contributed by atoms with van der Waals surface area (Å²) < 4.78 is 21.3. The van der Waals surface area contributed by atoms with Crippen LogP contribution in [0.3, 0.4) is 0 Å². The first kappa shape index (κ1) is 40.2. The summed E-state index contributed by atoms with van der Waals surface area (Å²) in [6.45, 7) is 9.95. The lowest BCUT2D eigenvalue weighted by Crippen LogP contribution is -2.60. The second kappa shape index (κ2) is 19.1.